The summed E-state index contributed by atoms with van der Waals surface area (Å²) in [5, 5.41) is 15.8. The maximum Gasteiger partial charge on any atom is 0.259 e. The van der Waals surface area contributed by atoms with E-state index in [0.717, 1.165) is 84.5 Å². The van der Waals surface area contributed by atoms with Crippen LogP contribution in [0.5, 0.6) is 11.5 Å². The van der Waals surface area contributed by atoms with E-state index in [2.05, 4.69) is 93.6 Å². The number of aliphatic imine (C=N–C) groups is 1. The van der Waals surface area contributed by atoms with E-state index in [1.165, 1.54) is 5.56 Å². The van der Waals surface area contributed by atoms with Crippen LogP contribution in [0.25, 0.3) is 11.0 Å². The molecule has 4 atom stereocenters. The molecule has 0 bridgehead atoms. The van der Waals surface area contributed by atoms with Crippen molar-refractivity contribution in [3.8, 4) is 17.6 Å². The first kappa shape index (κ1) is 54.0. The molecule has 3 heterocycles. The molecule has 1 fully saturated rings. The molecule has 1 aliphatic rings. The van der Waals surface area contributed by atoms with Crippen LogP contribution >= 0.6 is 8.53 Å². The van der Waals surface area contributed by atoms with Gasteiger partial charge in [0.1, 0.15) is 29.5 Å². The molecule has 0 N–H and O–H groups in total. The summed E-state index contributed by atoms with van der Waals surface area (Å²) in [4.78, 5) is 17.1. The molecule has 14 nitrogen and oxygen atoms in total. The van der Waals surface area contributed by atoms with E-state index < -0.39 is 32.6 Å². The highest BCUT2D eigenvalue weighted by Crippen LogP contribution is 2.51. The number of benzene rings is 4. The van der Waals surface area contributed by atoms with Crippen LogP contribution in [0.4, 0.5) is 5.82 Å². The molecule has 1 unspecified atom stereocenters. The Morgan fingerprint density at radius 3 is 1.99 bits per heavy atom. The lowest BCUT2D eigenvalue weighted by molar-refractivity contribution is -0.0932. The molecule has 0 aliphatic carbocycles. The largest absolute Gasteiger partial charge is 0.497 e. The topological polar surface area (TPSA) is 142 Å². The number of fused-ring (bicyclic) bond motifs is 1. The number of unbranched alkanes of at least 4 members (excludes halogenated alkanes) is 2. The minimum Gasteiger partial charge on any atom is -0.497 e. The molecule has 72 heavy (non-hydrogen) atoms. The van der Waals surface area contributed by atoms with E-state index in [4.69, 9.17) is 48.1 Å². The Morgan fingerprint density at radius 2 is 1.42 bits per heavy atom. The predicted octanol–water partition coefficient (Wildman–Crippen LogP) is 12.1. The van der Waals surface area contributed by atoms with Gasteiger partial charge in [-0.1, -0.05) is 112 Å². The molecule has 0 radical (unpaired) electrons. The van der Waals surface area contributed by atoms with Crippen molar-refractivity contribution >= 4 is 31.7 Å². The lowest BCUT2D eigenvalue weighted by atomic mass is 9.80. The summed E-state index contributed by atoms with van der Waals surface area (Å²) < 4.78 is 44.0. The van der Waals surface area contributed by atoms with Crippen molar-refractivity contribution in [2.24, 2.45) is 4.99 Å². The van der Waals surface area contributed by atoms with Gasteiger partial charge in [0.15, 0.2) is 17.7 Å². The average Bonchev–Trinajstić information content (AvgIpc) is 3.99. The zero-order chi connectivity index (χ0) is 50.9. The zero-order valence-corrected chi connectivity index (χ0v) is 44.3. The lowest BCUT2D eigenvalue weighted by Crippen LogP contribution is -2.39. The van der Waals surface area contributed by atoms with E-state index >= 15 is 0 Å². The quantitative estimate of drug-likeness (QED) is 0.0152. The maximum atomic E-state index is 9.59. The van der Waals surface area contributed by atoms with E-state index in [0.29, 0.717) is 24.3 Å². The molecular formula is C57H73N8O6P. The van der Waals surface area contributed by atoms with Crippen molar-refractivity contribution in [1.82, 2.24) is 29.3 Å². The second kappa shape index (κ2) is 26.8. The smallest absolute Gasteiger partial charge is 0.259 e. The lowest BCUT2D eigenvalue weighted by Gasteiger charge is -2.39. The van der Waals surface area contributed by atoms with Gasteiger partial charge >= 0.3 is 0 Å². The Balaban J connectivity index is 1.34. The summed E-state index contributed by atoms with van der Waals surface area (Å²) in [6.45, 7) is 15.1. The van der Waals surface area contributed by atoms with Gasteiger partial charge in [-0.2, -0.15) is 10.4 Å². The van der Waals surface area contributed by atoms with Gasteiger partial charge in [-0.15, -0.1) is 0 Å². The molecule has 382 valence electrons. The highest BCUT2D eigenvalue weighted by molar-refractivity contribution is 7.44. The third kappa shape index (κ3) is 13.2. The number of ether oxygens (including phenoxy) is 4. The van der Waals surface area contributed by atoms with Crippen LogP contribution in [0, 0.1) is 11.3 Å². The van der Waals surface area contributed by atoms with Crippen molar-refractivity contribution in [2.75, 3.05) is 40.5 Å². The number of methoxy groups -OCH3 is 2. The SMILES string of the molecule is CCCCN(/C=N/c1ncnc2c1c(CCc1ccccc1)nn2[C@H]1C[C@H](OP(OCCC#N)N(C(C)C)C(C)C)[C@@H](COC(c2ccccc2)(c2ccc(OC)cc2)c2ccc(OC)cc2)O1)CCCC. The molecule has 0 saturated carbocycles. The van der Waals surface area contributed by atoms with Crippen LogP contribution < -0.4 is 9.47 Å². The first-order valence-electron chi connectivity index (χ1n) is 25.6. The monoisotopic (exact) mass is 997 g/mol. The van der Waals surface area contributed by atoms with Gasteiger partial charge in [-0.3, -0.25) is 0 Å². The highest BCUT2D eigenvalue weighted by atomic mass is 31.2. The van der Waals surface area contributed by atoms with Crippen LogP contribution in [0.2, 0.25) is 0 Å². The van der Waals surface area contributed by atoms with Crippen LogP contribution in [0.15, 0.2) is 121 Å². The number of aryl methyl sites for hydroxylation is 2. The Kier molecular flexibility index (Phi) is 20.1. The number of nitriles is 1. The molecule has 4 aromatic carbocycles. The molecule has 0 spiro atoms. The summed E-state index contributed by atoms with van der Waals surface area (Å²) in [6, 6.07) is 39.1. The first-order chi connectivity index (χ1) is 35.1. The zero-order valence-electron chi connectivity index (χ0n) is 43.4. The fraction of sp³-hybridized carbons (Fsp3) is 0.456. The van der Waals surface area contributed by atoms with Gasteiger partial charge in [0, 0.05) is 31.6 Å². The van der Waals surface area contributed by atoms with Crippen molar-refractivity contribution in [3.05, 3.63) is 143 Å². The predicted molar refractivity (Wildman–Crippen MR) is 286 cm³/mol. The van der Waals surface area contributed by atoms with Crippen LogP contribution in [-0.4, -0.2) is 100 Å². The normalized spacial score (nSPS) is 16.6. The third-order valence-electron chi connectivity index (χ3n) is 13.0. The Bertz CT molecular complexity index is 2560. The van der Waals surface area contributed by atoms with Gasteiger partial charge in [0.05, 0.1) is 63.4 Å². The van der Waals surface area contributed by atoms with Crippen LogP contribution in [-0.2, 0) is 37.0 Å². The number of hydrogen-bond donors (Lipinski definition) is 0. The van der Waals surface area contributed by atoms with E-state index in [1.54, 1.807) is 20.5 Å². The number of rotatable bonds is 28. The standard InChI is InChI=1S/C57H73N8O6P/c1-9-11-35-63(36-12-10-2)41-61-55-54-50(33-24-44-20-15-13-16-21-44)62-64(56(54)60-40-59-55)53-38-51(71-72(69-37-19-34-58)65(42(3)4)43(5)6)52(70-53)39-68-57(45-22-17-14-18-23-45,46-25-29-48(66-7)30-26-46)47-27-31-49(67-8)32-28-47/h13-18,20-23,25-32,40-43,51-53H,9-12,19,24,33,35-39H2,1-8H3/b61-41+/t51-,52+,53+,72?/m0/s1. The van der Waals surface area contributed by atoms with Crippen molar-refractivity contribution < 1.29 is 28.0 Å². The molecule has 2 aromatic heterocycles. The minimum atomic E-state index is -1.67. The maximum absolute atomic E-state index is 9.59. The van der Waals surface area contributed by atoms with Gasteiger partial charge in [0.25, 0.3) is 8.53 Å². The number of hydrogen-bond acceptors (Lipinski definition) is 12. The molecule has 0 amide bonds. The second-order valence-corrected chi connectivity index (χ2v) is 20.0. The second-order valence-electron chi connectivity index (χ2n) is 18.6. The van der Waals surface area contributed by atoms with Gasteiger partial charge < -0.3 is 32.9 Å². The van der Waals surface area contributed by atoms with Crippen molar-refractivity contribution in [2.45, 2.75) is 129 Å². The summed E-state index contributed by atoms with van der Waals surface area (Å²) >= 11 is 0. The van der Waals surface area contributed by atoms with E-state index in [1.807, 2.05) is 83.8 Å². The van der Waals surface area contributed by atoms with E-state index in [9.17, 15) is 5.26 Å². The molecule has 7 rings (SSSR count). The van der Waals surface area contributed by atoms with Gasteiger partial charge in [-0.05, 0) is 99.9 Å². The summed E-state index contributed by atoms with van der Waals surface area (Å²) in [6.07, 6.45) is 8.11. The molecule has 1 saturated heterocycles. The summed E-state index contributed by atoms with van der Waals surface area (Å²) in [5.41, 5.74) is 4.28. The average molecular weight is 997 g/mol. The highest BCUT2D eigenvalue weighted by Gasteiger charge is 2.46. The Labute approximate surface area is 428 Å². The van der Waals surface area contributed by atoms with Crippen molar-refractivity contribution in [3.63, 3.8) is 0 Å². The molecule has 15 heteroatoms. The first-order valence-corrected chi connectivity index (χ1v) is 26.7. The Hall–Kier alpha value is -5.78. The Morgan fingerprint density at radius 1 is 0.819 bits per heavy atom. The van der Waals surface area contributed by atoms with Gasteiger partial charge in [0.2, 0.25) is 0 Å². The van der Waals surface area contributed by atoms with Crippen molar-refractivity contribution in [1.29, 1.82) is 5.26 Å². The van der Waals surface area contributed by atoms with Crippen LogP contribution in [0.1, 0.15) is 114 Å². The fourth-order valence-electron chi connectivity index (χ4n) is 9.30. The molecule has 1 aliphatic heterocycles. The molecule has 6 aromatic rings. The molecular weight excluding hydrogens is 924 g/mol. The fourth-order valence-corrected chi connectivity index (χ4v) is 11.1. The third-order valence-corrected chi connectivity index (χ3v) is 15.1. The number of aromatic nitrogens is 4. The van der Waals surface area contributed by atoms with E-state index in [-0.39, 0.29) is 31.7 Å². The summed E-state index contributed by atoms with van der Waals surface area (Å²) in [5.74, 6) is 2.03. The minimum absolute atomic E-state index is 0.0830. The summed E-state index contributed by atoms with van der Waals surface area (Å²) in [7, 11) is 1.66. The van der Waals surface area contributed by atoms with Crippen LogP contribution in [0.3, 0.4) is 0 Å². The number of nitrogens with zero attached hydrogens (tertiary/aromatic N) is 8. The van der Waals surface area contributed by atoms with Gasteiger partial charge in [-0.25, -0.2) is 24.3 Å².